The van der Waals surface area contributed by atoms with E-state index in [-0.39, 0.29) is 5.95 Å². The molecule has 0 saturated heterocycles. The molecule has 5 nitrogen and oxygen atoms in total. The van der Waals surface area contributed by atoms with Crippen LogP contribution in [0.15, 0.2) is 73.2 Å². The van der Waals surface area contributed by atoms with Crippen LogP contribution in [0.3, 0.4) is 0 Å². The van der Waals surface area contributed by atoms with Crippen LogP contribution < -0.4 is 10.2 Å². The molecule has 2 aromatic carbocycles. The number of alkyl halides is 3. The van der Waals surface area contributed by atoms with Crippen molar-refractivity contribution < 1.29 is 13.2 Å². The monoisotopic (exact) mass is 467 g/mol. The fourth-order valence-electron chi connectivity index (χ4n) is 3.71. The Morgan fingerprint density at radius 1 is 1.03 bits per heavy atom. The quantitative estimate of drug-likeness (QED) is 0.395. The smallest absolute Gasteiger partial charge is 0.345 e. The van der Waals surface area contributed by atoms with Gasteiger partial charge in [0, 0.05) is 45.8 Å². The van der Waals surface area contributed by atoms with Gasteiger partial charge in [0.15, 0.2) is 0 Å². The molecule has 3 heterocycles. The first-order valence-electron chi connectivity index (χ1n) is 10.1. The van der Waals surface area contributed by atoms with Gasteiger partial charge in [-0.2, -0.15) is 13.2 Å². The summed E-state index contributed by atoms with van der Waals surface area (Å²) in [6.07, 6.45) is 0.901. The number of halogens is 4. The predicted octanol–water partition coefficient (Wildman–Crippen LogP) is 6.06. The van der Waals surface area contributed by atoms with E-state index in [0.29, 0.717) is 17.3 Å². The lowest BCUT2D eigenvalue weighted by molar-refractivity contribution is -0.115. The Bertz CT molecular complexity index is 1350. The van der Waals surface area contributed by atoms with Gasteiger partial charge in [-0.25, -0.2) is 9.97 Å². The van der Waals surface area contributed by atoms with Gasteiger partial charge in [-0.3, -0.25) is 4.98 Å². The van der Waals surface area contributed by atoms with Crippen molar-refractivity contribution in [2.75, 3.05) is 16.8 Å². The van der Waals surface area contributed by atoms with Gasteiger partial charge < -0.3 is 10.2 Å². The summed E-state index contributed by atoms with van der Waals surface area (Å²) in [5, 5.41) is 3.86. The Kier molecular flexibility index (Phi) is 5.38. The average molecular weight is 468 g/mol. The molecule has 0 atom stereocenters. The fourth-order valence-corrected chi connectivity index (χ4v) is 3.84. The Hall–Kier alpha value is -3.65. The minimum absolute atomic E-state index is 0.0730. The molecule has 1 N–H and O–H groups in total. The van der Waals surface area contributed by atoms with Crippen molar-refractivity contribution in [2.45, 2.75) is 12.7 Å². The van der Waals surface area contributed by atoms with Crippen LogP contribution in [0.5, 0.6) is 0 Å². The molecule has 4 aromatic rings. The molecule has 0 aliphatic carbocycles. The third-order valence-electron chi connectivity index (χ3n) is 5.27. The molecule has 0 unspecified atom stereocenters. The van der Waals surface area contributed by atoms with E-state index in [1.165, 1.54) is 0 Å². The molecule has 0 fully saturated rings. The number of rotatable bonds is 4. The molecule has 0 amide bonds. The average Bonchev–Trinajstić information content (AvgIpc) is 2.82. The zero-order valence-electron chi connectivity index (χ0n) is 17.1. The van der Waals surface area contributed by atoms with Crippen LogP contribution in [0.2, 0.25) is 5.02 Å². The van der Waals surface area contributed by atoms with Crippen LogP contribution in [-0.4, -0.2) is 27.7 Å². The third-order valence-corrected chi connectivity index (χ3v) is 5.52. The molecule has 1 aliphatic heterocycles. The molecule has 2 aromatic heterocycles. The molecule has 1 aliphatic rings. The highest BCUT2D eigenvalue weighted by Crippen LogP contribution is 2.34. The molecule has 5 rings (SSSR count). The van der Waals surface area contributed by atoms with Crippen molar-refractivity contribution in [3.8, 4) is 0 Å². The van der Waals surface area contributed by atoms with E-state index in [1.807, 2.05) is 48.7 Å². The number of hydrogen-bond donors (Lipinski definition) is 1. The summed E-state index contributed by atoms with van der Waals surface area (Å²) in [5.74, 6) is -0.0730. The second kappa shape index (κ2) is 8.37. The highest BCUT2D eigenvalue weighted by molar-refractivity contribution is 6.30. The molecule has 0 radical (unpaired) electrons. The van der Waals surface area contributed by atoms with Gasteiger partial charge >= 0.3 is 6.18 Å². The predicted molar refractivity (Wildman–Crippen MR) is 123 cm³/mol. The van der Waals surface area contributed by atoms with E-state index in [1.54, 1.807) is 24.5 Å². The number of anilines is 2. The molecule has 166 valence electrons. The number of pyridine rings is 1. The van der Waals surface area contributed by atoms with Gasteiger partial charge in [-0.15, -0.1) is 0 Å². The second-order valence-electron chi connectivity index (χ2n) is 7.59. The van der Waals surface area contributed by atoms with Crippen LogP contribution in [0.25, 0.3) is 16.5 Å². The molecular formula is C24H17ClF3N5. The minimum Gasteiger partial charge on any atom is -0.345 e. The molecule has 0 saturated carbocycles. The summed E-state index contributed by atoms with van der Waals surface area (Å²) in [6, 6.07) is 17.1. The maximum atomic E-state index is 12.7. The first-order chi connectivity index (χ1) is 15.9. The maximum absolute atomic E-state index is 12.7. The van der Waals surface area contributed by atoms with Crippen LogP contribution in [-0.2, 0) is 6.54 Å². The Morgan fingerprint density at radius 3 is 2.64 bits per heavy atom. The zero-order valence-corrected chi connectivity index (χ0v) is 17.9. The molecule has 0 bridgehead atoms. The summed E-state index contributed by atoms with van der Waals surface area (Å²) < 4.78 is 38.0. The standard InChI is InChI=1S/C24H17ClF3N5/c25-18-5-3-15(4-6-18)20-13-33(19-7-8-21-16(10-19)2-1-9-29-21)12-17-11-30-23(32-22(17)20)31-14-24(26,27)28/h1-11,13H,12,14H2,(H,30,31,32). The minimum atomic E-state index is -4.37. The normalized spacial score (nSPS) is 13.6. The second-order valence-corrected chi connectivity index (χ2v) is 8.03. The summed E-state index contributed by atoms with van der Waals surface area (Å²) in [7, 11) is 0. The number of fused-ring (bicyclic) bond motifs is 2. The Balaban J connectivity index is 1.57. The number of hydrogen-bond acceptors (Lipinski definition) is 5. The van der Waals surface area contributed by atoms with Crippen molar-refractivity contribution >= 4 is 39.7 Å². The van der Waals surface area contributed by atoms with E-state index >= 15 is 0 Å². The fraction of sp³-hybridized carbons (Fsp3) is 0.125. The summed E-state index contributed by atoms with van der Waals surface area (Å²) in [5.41, 5.74) is 4.82. The Labute approximate surface area is 192 Å². The molecular weight excluding hydrogens is 451 g/mol. The van der Waals surface area contributed by atoms with Crippen molar-refractivity contribution in [3.05, 3.63) is 95.0 Å². The van der Waals surface area contributed by atoms with Crippen LogP contribution in [0, 0.1) is 0 Å². The van der Waals surface area contributed by atoms with Gasteiger partial charge in [0.2, 0.25) is 5.95 Å². The lowest BCUT2D eigenvalue weighted by Gasteiger charge is -2.29. The van der Waals surface area contributed by atoms with E-state index in [9.17, 15) is 13.2 Å². The van der Waals surface area contributed by atoms with E-state index in [2.05, 4.69) is 25.2 Å². The van der Waals surface area contributed by atoms with Crippen molar-refractivity contribution in [3.63, 3.8) is 0 Å². The SMILES string of the molecule is FC(F)(F)CNc1ncc2c(n1)C(c1ccc(Cl)cc1)=CN(c1ccc3ncccc3c1)C2. The van der Waals surface area contributed by atoms with E-state index in [0.717, 1.165) is 33.3 Å². The highest BCUT2D eigenvalue weighted by atomic mass is 35.5. The van der Waals surface area contributed by atoms with Crippen molar-refractivity contribution in [1.29, 1.82) is 0 Å². The summed E-state index contributed by atoms with van der Waals surface area (Å²) >= 11 is 6.06. The highest BCUT2D eigenvalue weighted by Gasteiger charge is 2.28. The largest absolute Gasteiger partial charge is 0.405 e. The maximum Gasteiger partial charge on any atom is 0.405 e. The van der Waals surface area contributed by atoms with Crippen LogP contribution in [0.1, 0.15) is 16.8 Å². The van der Waals surface area contributed by atoms with Crippen molar-refractivity contribution in [2.24, 2.45) is 0 Å². The van der Waals surface area contributed by atoms with Gasteiger partial charge in [0.1, 0.15) is 6.54 Å². The van der Waals surface area contributed by atoms with Gasteiger partial charge in [0.25, 0.3) is 0 Å². The molecule has 9 heteroatoms. The molecule has 0 spiro atoms. The van der Waals surface area contributed by atoms with Gasteiger partial charge in [0.05, 0.1) is 17.8 Å². The third kappa shape index (κ3) is 4.61. The Morgan fingerprint density at radius 2 is 1.85 bits per heavy atom. The first-order valence-corrected chi connectivity index (χ1v) is 10.5. The summed E-state index contributed by atoms with van der Waals surface area (Å²) in [4.78, 5) is 14.9. The van der Waals surface area contributed by atoms with E-state index < -0.39 is 12.7 Å². The van der Waals surface area contributed by atoms with Crippen molar-refractivity contribution in [1.82, 2.24) is 15.0 Å². The van der Waals surface area contributed by atoms with Crippen LogP contribution in [0.4, 0.5) is 24.8 Å². The molecule has 33 heavy (non-hydrogen) atoms. The summed E-state index contributed by atoms with van der Waals surface area (Å²) in [6.45, 7) is -0.735. The topological polar surface area (TPSA) is 53.9 Å². The van der Waals surface area contributed by atoms with Gasteiger partial charge in [-0.05, 0) is 42.0 Å². The zero-order chi connectivity index (χ0) is 23.0. The number of aromatic nitrogens is 3. The lowest BCUT2D eigenvalue weighted by atomic mass is 9.97. The first kappa shape index (κ1) is 21.2. The van der Waals surface area contributed by atoms with Gasteiger partial charge in [-0.1, -0.05) is 29.8 Å². The van der Waals surface area contributed by atoms with E-state index in [4.69, 9.17) is 11.6 Å². The number of nitrogens with zero attached hydrogens (tertiary/aromatic N) is 4. The number of benzene rings is 2. The lowest BCUT2D eigenvalue weighted by Crippen LogP contribution is -2.25. The number of nitrogens with one attached hydrogen (secondary N) is 1. The van der Waals surface area contributed by atoms with Crippen LogP contribution >= 0.6 is 11.6 Å².